The summed E-state index contributed by atoms with van der Waals surface area (Å²) in [5.74, 6) is 1.91. The fourth-order valence-corrected chi connectivity index (χ4v) is 3.54. The van der Waals surface area contributed by atoms with Crippen molar-refractivity contribution in [3.05, 3.63) is 58.2 Å². The average molecular weight is 424 g/mol. The molecule has 1 aromatic carbocycles. The number of hydrogen-bond donors (Lipinski definition) is 0. The Morgan fingerprint density at radius 3 is 2.32 bits per heavy atom. The molecule has 2 aromatic heterocycles. The van der Waals surface area contributed by atoms with Crippen LogP contribution in [0.5, 0.6) is 11.5 Å². The highest BCUT2D eigenvalue weighted by atomic mass is 16.5. The highest BCUT2D eigenvalue weighted by Gasteiger charge is 2.20. The Hall–Kier alpha value is -3.42. The number of carbonyl (C=O) groups excluding carboxylic acids is 1. The van der Waals surface area contributed by atoms with Crippen molar-refractivity contribution in [1.29, 1.82) is 0 Å². The highest BCUT2D eigenvalue weighted by molar-refractivity contribution is 5.79. The molecule has 0 unspecified atom stereocenters. The molecule has 0 saturated heterocycles. The Bertz CT molecular complexity index is 1090. The molecule has 0 aliphatic rings. The van der Waals surface area contributed by atoms with Crippen LogP contribution in [0.1, 0.15) is 33.9 Å². The molecule has 0 spiro atoms. The largest absolute Gasteiger partial charge is 0.497 e. The molecule has 164 valence electrons. The molecule has 0 atom stereocenters. The molecule has 2 heterocycles. The van der Waals surface area contributed by atoms with Crippen LogP contribution in [0, 0.1) is 27.7 Å². The van der Waals surface area contributed by atoms with Gasteiger partial charge in [0.2, 0.25) is 5.91 Å². The first-order valence-corrected chi connectivity index (χ1v) is 10.1. The smallest absolute Gasteiger partial charge is 0.251 e. The van der Waals surface area contributed by atoms with Gasteiger partial charge in [-0.15, -0.1) is 0 Å². The van der Waals surface area contributed by atoms with Gasteiger partial charge in [-0.1, -0.05) is 0 Å². The van der Waals surface area contributed by atoms with E-state index in [1.54, 1.807) is 30.8 Å². The van der Waals surface area contributed by atoms with Gasteiger partial charge in [0.05, 0.1) is 26.3 Å². The third kappa shape index (κ3) is 4.84. The second-order valence-electron chi connectivity index (χ2n) is 7.62. The van der Waals surface area contributed by atoms with Gasteiger partial charge in [-0.05, 0) is 45.9 Å². The van der Waals surface area contributed by atoms with Crippen molar-refractivity contribution in [2.45, 2.75) is 40.7 Å². The lowest BCUT2D eigenvalue weighted by molar-refractivity contribution is -0.129. The van der Waals surface area contributed by atoms with Gasteiger partial charge >= 0.3 is 0 Å². The lowest BCUT2D eigenvalue weighted by Gasteiger charge is -2.19. The van der Waals surface area contributed by atoms with Crippen molar-refractivity contribution in [2.75, 3.05) is 21.3 Å². The molecule has 1 amide bonds. The molecule has 3 rings (SSSR count). The number of nitrogens with zero attached hydrogens (tertiary/aromatic N) is 5. The van der Waals surface area contributed by atoms with E-state index in [0.717, 1.165) is 33.9 Å². The second kappa shape index (κ2) is 9.16. The van der Waals surface area contributed by atoms with Crippen LogP contribution in [-0.2, 0) is 17.8 Å². The van der Waals surface area contributed by atoms with Gasteiger partial charge in [0.1, 0.15) is 11.5 Å². The molecular formula is C23H29N5O3. The first-order chi connectivity index (χ1) is 14.7. The highest BCUT2D eigenvalue weighted by Crippen LogP contribution is 2.26. The summed E-state index contributed by atoms with van der Waals surface area (Å²) in [5, 5.41) is 4.59. The predicted octanol–water partition coefficient (Wildman–Crippen LogP) is 3.11. The number of ether oxygens (including phenoxy) is 2. The summed E-state index contributed by atoms with van der Waals surface area (Å²) in [4.78, 5) is 23.7. The van der Waals surface area contributed by atoms with Gasteiger partial charge in [0.15, 0.2) is 0 Å². The Morgan fingerprint density at radius 1 is 1.03 bits per heavy atom. The summed E-state index contributed by atoms with van der Waals surface area (Å²) >= 11 is 0. The topological polar surface area (TPSA) is 82.4 Å². The van der Waals surface area contributed by atoms with Gasteiger partial charge < -0.3 is 14.4 Å². The van der Waals surface area contributed by atoms with E-state index < -0.39 is 0 Å². The lowest BCUT2D eigenvalue weighted by atomic mass is 10.1. The first-order valence-electron chi connectivity index (χ1n) is 10.1. The van der Waals surface area contributed by atoms with Crippen LogP contribution in [-0.4, -0.2) is 51.8 Å². The van der Waals surface area contributed by atoms with E-state index in [0.29, 0.717) is 24.0 Å². The van der Waals surface area contributed by atoms with Gasteiger partial charge in [-0.25, -0.2) is 14.6 Å². The molecule has 0 N–H and O–H groups in total. The van der Waals surface area contributed by atoms with Crippen LogP contribution in [0.3, 0.4) is 0 Å². The van der Waals surface area contributed by atoms with Gasteiger partial charge in [-0.2, -0.15) is 5.10 Å². The number of rotatable bonds is 7. The Kier molecular flexibility index (Phi) is 6.58. The minimum absolute atomic E-state index is 0.00929. The van der Waals surface area contributed by atoms with Crippen molar-refractivity contribution in [1.82, 2.24) is 24.6 Å². The first kappa shape index (κ1) is 22.3. The van der Waals surface area contributed by atoms with Crippen molar-refractivity contribution in [3.63, 3.8) is 0 Å². The molecule has 8 nitrogen and oxygen atoms in total. The molecule has 0 bridgehead atoms. The van der Waals surface area contributed by atoms with Crippen molar-refractivity contribution < 1.29 is 14.3 Å². The zero-order valence-corrected chi connectivity index (χ0v) is 19.2. The maximum atomic E-state index is 13.0. The molecule has 0 radical (unpaired) electrons. The van der Waals surface area contributed by atoms with Gasteiger partial charge in [0, 0.05) is 47.9 Å². The number of methoxy groups -OCH3 is 2. The van der Waals surface area contributed by atoms with E-state index in [4.69, 9.17) is 9.47 Å². The van der Waals surface area contributed by atoms with Crippen LogP contribution in [0.2, 0.25) is 0 Å². The molecular weight excluding hydrogens is 394 g/mol. The molecule has 3 aromatic rings. The average Bonchev–Trinajstić information content (AvgIpc) is 3.01. The normalized spacial score (nSPS) is 10.8. The maximum Gasteiger partial charge on any atom is 0.251 e. The van der Waals surface area contributed by atoms with E-state index in [1.165, 1.54) is 0 Å². The van der Waals surface area contributed by atoms with E-state index >= 15 is 0 Å². The summed E-state index contributed by atoms with van der Waals surface area (Å²) in [6.07, 6.45) is 0.247. The van der Waals surface area contributed by atoms with E-state index in [9.17, 15) is 4.79 Å². The third-order valence-corrected chi connectivity index (χ3v) is 5.26. The number of likely N-dealkylation sites (N-methyl/N-ethyl adjacent to an activating group) is 1. The third-order valence-electron chi connectivity index (χ3n) is 5.26. The number of benzene rings is 1. The fourth-order valence-electron chi connectivity index (χ4n) is 3.54. The quantitative estimate of drug-likeness (QED) is 0.581. The summed E-state index contributed by atoms with van der Waals surface area (Å²) < 4.78 is 12.4. The Morgan fingerprint density at radius 2 is 1.71 bits per heavy atom. The predicted molar refractivity (Wildman–Crippen MR) is 118 cm³/mol. The van der Waals surface area contributed by atoms with Crippen molar-refractivity contribution >= 4 is 5.91 Å². The Labute approximate surface area is 182 Å². The Balaban J connectivity index is 1.80. The summed E-state index contributed by atoms with van der Waals surface area (Å²) in [6, 6.07) is 7.50. The van der Waals surface area contributed by atoms with Gasteiger partial charge in [-0.3, -0.25) is 4.79 Å². The van der Waals surface area contributed by atoms with Crippen LogP contribution in [0.4, 0.5) is 0 Å². The molecule has 8 heteroatoms. The fraction of sp³-hybridized carbons (Fsp3) is 0.391. The maximum absolute atomic E-state index is 13.0. The summed E-state index contributed by atoms with van der Waals surface area (Å²) in [7, 11) is 5.00. The lowest BCUT2D eigenvalue weighted by Crippen LogP contribution is -2.28. The zero-order chi connectivity index (χ0) is 22.7. The SMILES string of the molecule is COc1ccc(CN(C)C(=O)Cc2c(C)nn(-c3nc(C)cc(C)n3)c2C)c(OC)c1. The molecule has 0 saturated carbocycles. The second-order valence-corrected chi connectivity index (χ2v) is 7.62. The number of hydrogen-bond acceptors (Lipinski definition) is 6. The van der Waals surface area contributed by atoms with Crippen molar-refractivity contribution in [2.24, 2.45) is 0 Å². The monoisotopic (exact) mass is 423 g/mol. The molecule has 0 fully saturated rings. The van der Waals surface area contributed by atoms with E-state index in [2.05, 4.69) is 15.1 Å². The number of aryl methyl sites for hydroxylation is 3. The molecule has 0 aliphatic heterocycles. The van der Waals surface area contributed by atoms with E-state index in [1.807, 2.05) is 52.0 Å². The van der Waals surface area contributed by atoms with Gasteiger partial charge in [0.25, 0.3) is 5.95 Å². The number of aromatic nitrogens is 4. The zero-order valence-electron chi connectivity index (χ0n) is 19.2. The number of amides is 1. The van der Waals surface area contributed by atoms with E-state index in [-0.39, 0.29) is 12.3 Å². The van der Waals surface area contributed by atoms with Crippen LogP contribution in [0.15, 0.2) is 24.3 Å². The summed E-state index contributed by atoms with van der Waals surface area (Å²) in [6.45, 7) is 8.13. The minimum atomic E-state index is -0.00929. The standard InChI is InChI=1S/C23H29N5O3/c1-14-10-15(2)25-23(24-14)28-17(4)20(16(3)26-28)12-22(29)27(5)13-18-8-9-19(30-6)11-21(18)31-7/h8-11H,12-13H2,1-7H3. The minimum Gasteiger partial charge on any atom is -0.497 e. The molecule has 31 heavy (non-hydrogen) atoms. The van der Waals surface area contributed by atoms with Crippen LogP contribution in [0.25, 0.3) is 5.95 Å². The van der Waals surface area contributed by atoms with Crippen molar-refractivity contribution in [3.8, 4) is 17.4 Å². The molecule has 0 aliphatic carbocycles. The number of carbonyl (C=O) groups is 1. The van der Waals surface area contributed by atoms with Crippen LogP contribution < -0.4 is 9.47 Å². The van der Waals surface area contributed by atoms with Crippen LogP contribution >= 0.6 is 0 Å². The summed E-state index contributed by atoms with van der Waals surface area (Å²) in [5.41, 5.74) is 5.21.